The Morgan fingerprint density at radius 3 is 2.81 bits per heavy atom. The van der Waals surface area contributed by atoms with E-state index in [-0.39, 0.29) is 11.6 Å². The van der Waals surface area contributed by atoms with Gasteiger partial charge in [0.05, 0.1) is 11.6 Å². The second-order valence-corrected chi connectivity index (χ2v) is 5.35. The number of hydrazine groups is 1. The Hall–Kier alpha value is -0.380. The van der Waals surface area contributed by atoms with E-state index in [9.17, 15) is 0 Å². The van der Waals surface area contributed by atoms with E-state index in [2.05, 4.69) is 18.9 Å². The van der Waals surface area contributed by atoms with Gasteiger partial charge in [0.1, 0.15) is 0 Å². The van der Waals surface area contributed by atoms with Gasteiger partial charge in [0.2, 0.25) is 0 Å². The van der Waals surface area contributed by atoms with Gasteiger partial charge in [-0.05, 0) is 32.1 Å². The molecule has 0 aromatic rings. The highest BCUT2D eigenvalue weighted by atomic mass is 16.5. The summed E-state index contributed by atoms with van der Waals surface area (Å²) in [4.78, 5) is 0. The minimum absolute atomic E-state index is 0.106. The molecule has 0 amide bonds. The van der Waals surface area contributed by atoms with Crippen LogP contribution in [0.4, 0.5) is 0 Å². The first kappa shape index (κ1) is 13.7. The standard InChI is InChI=1S/C13H26N2O/c1-10(2)8-12(15-14)13(16-4)7-5-6-11(3)9-13/h11-12,15H,1,5-9,14H2,2-4H3. The van der Waals surface area contributed by atoms with E-state index in [0.717, 1.165) is 30.8 Å². The lowest BCUT2D eigenvalue weighted by atomic mass is 9.73. The SMILES string of the molecule is C=C(C)CC(NN)C1(OC)CCCC(C)C1. The van der Waals surface area contributed by atoms with Crippen molar-refractivity contribution in [1.29, 1.82) is 0 Å². The van der Waals surface area contributed by atoms with Gasteiger partial charge in [0.15, 0.2) is 0 Å². The lowest BCUT2D eigenvalue weighted by molar-refractivity contribution is -0.0790. The molecule has 3 N–H and O–H groups in total. The molecule has 1 rings (SSSR count). The molecule has 0 bridgehead atoms. The fourth-order valence-electron chi connectivity index (χ4n) is 2.93. The van der Waals surface area contributed by atoms with Crippen LogP contribution in [0, 0.1) is 5.92 Å². The topological polar surface area (TPSA) is 47.3 Å². The van der Waals surface area contributed by atoms with Gasteiger partial charge < -0.3 is 4.74 Å². The van der Waals surface area contributed by atoms with Gasteiger partial charge in [-0.3, -0.25) is 11.3 Å². The molecule has 0 aliphatic heterocycles. The molecule has 3 unspecified atom stereocenters. The number of rotatable bonds is 5. The molecule has 0 saturated heterocycles. The Labute approximate surface area is 99.4 Å². The quantitative estimate of drug-likeness (QED) is 0.430. The second kappa shape index (κ2) is 5.80. The number of methoxy groups -OCH3 is 1. The third kappa shape index (κ3) is 3.06. The van der Waals surface area contributed by atoms with Crippen molar-refractivity contribution in [3.8, 4) is 0 Å². The van der Waals surface area contributed by atoms with E-state index in [0.29, 0.717) is 0 Å². The van der Waals surface area contributed by atoms with Crippen LogP contribution < -0.4 is 11.3 Å². The fraction of sp³-hybridized carbons (Fsp3) is 0.846. The van der Waals surface area contributed by atoms with Crippen LogP contribution >= 0.6 is 0 Å². The van der Waals surface area contributed by atoms with Crippen LogP contribution in [0.3, 0.4) is 0 Å². The lowest BCUT2D eigenvalue weighted by Gasteiger charge is -2.44. The average Bonchev–Trinajstić information content (AvgIpc) is 2.25. The van der Waals surface area contributed by atoms with Gasteiger partial charge in [0.25, 0.3) is 0 Å². The van der Waals surface area contributed by atoms with E-state index in [4.69, 9.17) is 10.6 Å². The maximum Gasteiger partial charge on any atom is 0.0850 e. The molecule has 0 radical (unpaired) electrons. The zero-order valence-corrected chi connectivity index (χ0v) is 10.9. The van der Waals surface area contributed by atoms with E-state index < -0.39 is 0 Å². The molecular weight excluding hydrogens is 200 g/mol. The molecule has 3 atom stereocenters. The van der Waals surface area contributed by atoms with Gasteiger partial charge in [0, 0.05) is 7.11 Å². The van der Waals surface area contributed by atoms with E-state index in [1.165, 1.54) is 12.8 Å². The summed E-state index contributed by atoms with van der Waals surface area (Å²) in [5.74, 6) is 6.40. The summed E-state index contributed by atoms with van der Waals surface area (Å²) in [5.41, 5.74) is 3.97. The van der Waals surface area contributed by atoms with Gasteiger partial charge >= 0.3 is 0 Å². The smallest absolute Gasteiger partial charge is 0.0850 e. The maximum absolute atomic E-state index is 5.82. The molecule has 16 heavy (non-hydrogen) atoms. The van der Waals surface area contributed by atoms with E-state index >= 15 is 0 Å². The fourth-order valence-corrected chi connectivity index (χ4v) is 2.93. The second-order valence-electron chi connectivity index (χ2n) is 5.35. The monoisotopic (exact) mass is 226 g/mol. The summed E-state index contributed by atoms with van der Waals surface area (Å²) in [5, 5.41) is 0. The van der Waals surface area contributed by atoms with Crippen molar-refractivity contribution < 1.29 is 4.74 Å². The minimum Gasteiger partial charge on any atom is -0.377 e. The summed E-state index contributed by atoms with van der Waals surface area (Å²) in [6.07, 6.45) is 5.59. The molecule has 1 fully saturated rings. The highest BCUT2D eigenvalue weighted by Gasteiger charge is 2.41. The summed E-state index contributed by atoms with van der Waals surface area (Å²) >= 11 is 0. The predicted octanol–water partition coefficient (Wildman–Crippen LogP) is 2.38. The zero-order chi connectivity index (χ0) is 12.2. The van der Waals surface area contributed by atoms with Crippen LogP contribution in [0.1, 0.15) is 46.0 Å². The predicted molar refractivity (Wildman–Crippen MR) is 67.9 cm³/mol. The number of hydrogen-bond donors (Lipinski definition) is 2. The number of nitrogens with one attached hydrogen (secondary N) is 1. The number of hydrogen-bond acceptors (Lipinski definition) is 3. The first-order valence-electron chi connectivity index (χ1n) is 6.19. The van der Waals surface area contributed by atoms with Crippen LogP contribution in [-0.4, -0.2) is 18.8 Å². The Kier molecular flexibility index (Phi) is 4.96. The Bertz CT molecular complexity index is 242. The van der Waals surface area contributed by atoms with Gasteiger partial charge in [-0.2, -0.15) is 0 Å². The molecule has 1 aliphatic rings. The molecule has 0 spiro atoms. The molecule has 1 aliphatic carbocycles. The van der Waals surface area contributed by atoms with Crippen molar-refractivity contribution in [2.45, 2.75) is 57.6 Å². The van der Waals surface area contributed by atoms with E-state index in [1.54, 1.807) is 7.11 Å². The summed E-state index contributed by atoms with van der Waals surface area (Å²) in [6, 6.07) is 0.178. The molecule has 0 aromatic carbocycles. The molecule has 0 aromatic heterocycles. The molecule has 3 heteroatoms. The highest BCUT2D eigenvalue weighted by molar-refractivity contribution is 5.03. The van der Waals surface area contributed by atoms with E-state index in [1.807, 2.05) is 6.92 Å². The van der Waals surface area contributed by atoms with Crippen molar-refractivity contribution in [3.05, 3.63) is 12.2 Å². The van der Waals surface area contributed by atoms with Crippen LogP contribution in [-0.2, 0) is 4.74 Å². The van der Waals surface area contributed by atoms with Gasteiger partial charge in [-0.1, -0.05) is 25.3 Å². The molecule has 1 saturated carbocycles. The van der Waals surface area contributed by atoms with Crippen molar-refractivity contribution in [2.24, 2.45) is 11.8 Å². The largest absolute Gasteiger partial charge is 0.377 e. The van der Waals surface area contributed by atoms with Crippen LogP contribution in [0.15, 0.2) is 12.2 Å². The highest BCUT2D eigenvalue weighted by Crippen LogP contribution is 2.38. The summed E-state index contributed by atoms with van der Waals surface area (Å²) < 4.78 is 5.82. The molecular formula is C13H26N2O. The average molecular weight is 226 g/mol. The zero-order valence-electron chi connectivity index (χ0n) is 10.9. The number of ether oxygens (including phenoxy) is 1. The Morgan fingerprint density at radius 2 is 2.38 bits per heavy atom. The number of nitrogens with two attached hydrogens (primary N) is 1. The Balaban J connectivity index is 2.78. The third-order valence-electron chi connectivity index (χ3n) is 3.79. The minimum atomic E-state index is -0.106. The lowest BCUT2D eigenvalue weighted by Crippen LogP contribution is -2.56. The first-order chi connectivity index (χ1) is 7.54. The van der Waals surface area contributed by atoms with Crippen LogP contribution in [0.5, 0.6) is 0 Å². The van der Waals surface area contributed by atoms with Crippen molar-refractivity contribution >= 4 is 0 Å². The maximum atomic E-state index is 5.82. The van der Waals surface area contributed by atoms with Gasteiger partial charge in [-0.25, -0.2) is 0 Å². The summed E-state index contributed by atoms with van der Waals surface area (Å²) in [7, 11) is 1.81. The molecule has 3 nitrogen and oxygen atoms in total. The van der Waals surface area contributed by atoms with Crippen molar-refractivity contribution in [3.63, 3.8) is 0 Å². The molecule has 94 valence electrons. The molecule has 0 heterocycles. The van der Waals surface area contributed by atoms with Crippen molar-refractivity contribution in [2.75, 3.05) is 7.11 Å². The van der Waals surface area contributed by atoms with Gasteiger partial charge in [-0.15, -0.1) is 6.58 Å². The summed E-state index contributed by atoms with van der Waals surface area (Å²) in [6.45, 7) is 8.31. The first-order valence-corrected chi connectivity index (χ1v) is 6.19. The third-order valence-corrected chi connectivity index (χ3v) is 3.79. The van der Waals surface area contributed by atoms with Crippen LogP contribution in [0.2, 0.25) is 0 Å². The van der Waals surface area contributed by atoms with Crippen LogP contribution in [0.25, 0.3) is 0 Å². The van der Waals surface area contributed by atoms with Crippen molar-refractivity contribution in [1.82, 2.24) is 5.43 Å². The normalized spacial score (nSPS) is 32.4. The Morgan fingerprint density at radius 1 is 1.69 bits per heavy atom.